The number of aromatic carboxylic acids is 4. The largest absolute Gasteiger partial charge is 0.481 e. The van der Waals surface area contributed by atoms with E-state index in [1.54, 1.807) is 0 Å². The van der Waals surface area contributed by atoms with Gasteiger partial charge in [0.1, 0.15) is 0 Å². The summed E-state index contributed by atoms with van der Waals surface area (Å²) in [5, 5.41) is 66.7. The van der Waals surface area contributed by atoms with Crippen LogP contribution in [0, 0.1) is 0 Å². The summed E-state index contributed by atoms with van der Waals surface area (Å²) < 4.78 is 0. The number of aliphatic hydroxyl groups excluding tert-OH is 2. The molecule has 2 aromatic carbocycles. The van der Waals surface area contributed by atoms with Crippen LogP contribution in [0.25, 0.3) is 0 Å². The molecular weight excluding hydrogens is 572 g/mol. The smallest absolute Gasteiger partial charge is 0.335 e. The van der Waals surface area contributed by atoms with E-state index < -0.39 is 35.8 Å². The zero-order valence-electron chi connectivity index (χ0n) is 23.4. The Balaban J connectivity index is 0. The zero-order valence-corrected chi connectivity index (χ0v) is 23.4. The van der Waals surface area contributed by atoms with Gasteiger partial charge in [0.2, 0.25) is 0 Å². The molecule has 0 aliphatic heterocycles. The van der Waals surface area contributed by atoms with Gasteiger partial charge in [-0.15, -0.1) is 0 Å². The van der Waals surface area contributed by atoms with Gasteiger partial charge in [0.15, 0.2) is 0 Å². The van der Waals surface area contributed by atoms with E-state index in [9.17, 15) is 28.8 Å². The number of hydrogen-bond acceptors (Lipinski definition) is 8. The highest BCUT2D eigenvalue weighted by atomic mass is 16.4. The van der Waals surface area contributed by atoms with E-state index in [1.807, 2.05) is 0 Å². The summed E-state index contributed by atoms with van der Waals surface area (Å²) in [5.74, 6) is -5.90. The Labute approximate surface area is 247 Å². The number of carboxylic acids is 6. The first-order chi connectivity index (χ1) is 20.3. The van der Waals surface area contributed by atoms with Crippen molar-refractivity contribution in [1.82, 2.24) is 0 Å². The van der Waals surface area contributed by atoms with E-state index >= 15 is 0 Å². The minimum atomic E-state index is -1.13. The molecule has 0 aliphatic carbocycles. The second-order valence-corrected chi connectivity index (χ2v) is 8.59. The fourth-order valence-electron chi connectivity index (χ4n) is 2.85. The van der Waals surface area contributed by atoms with E-state index in [4.69, 9.17) is 40.9 Å². The monoisotopic (exact) mass is 610 g/mol. The fourth-order valence-corrected chi connectivity index (χ4v) is 2.85. The molecule has 0 fully saturated rings. The lowest BCUT2D eigenvalue weighted by Crippen LogP contribution is -2.01. The summed E-state index contributed by atoms with van der Waals surface area (Å²) in [6, 6.07) is 10.2. The second-order valence-electron chi connectivity index (χ2n) is 8.59. The Kier molecular flexibility index (Phi) is 23.4. The molecule has 14 heteroatoms. The van der Waals surface area contributed by atoms with Crippen LogP contribution in [0.3, 0.4) is 0 Å². The van der Waals surface area contributed by atoms with Crippen molar-refractivity contribution < 1.29 is 69.6 Å². The van der Waals surface area contributed by atoms with E-state index in [2.05, 4.69) is 0 Å². The van der Waals surface area contributed by atoms with E-state index in [1.165, 1.54) is 42.5 Å². The van der Waals surface area contributed by atoms with E-state index in [0.717, 1.165) is 38.2 Å². The molecule has 8 N–H and O–H groups in total. The van der Waals surface area contributed by atoms with Gasteiger partial charge in [-0.1, -0.05) is 25.3 Å². The molecule has 238 valence electrons. The van der Waals surface area contributed by atoms with Crippen LogP contribution in [-0.2, 0) is 9.59 Å². The van der Waals surface area contributed by atoms with E-state index in [-0.39, 0.29) is 48.3 Å². The van der Waals surface area contributed by atoms with Gasteiger partial charge in [0.05, 0.1) is 22.3 Å². The highest BCUT2D eigenvalue weighted by Crippen LogP contribution is 2.07. The highest BCUT2D eigenvalue weighted by molar-refractivity contribution is 5.93. The average molecular weight is 611 g/mol. The maximum Gasteiger partial charge on any atom is 0.335 e. The standard InChI is InChI=1S/C9H16O4.2C8H6O4.C4H10O2/c10-8(11)6-4-2-1-3-5-7-9(12)13;9-7(10)5-1-2-6(4-3-5)8(11)12;9-7(10)5-2-1-3-6(4-5)8(11)12;5-3-1-2-4-6/h1-7H2,(H,10,11)(H,12,13);2*1-4H,(H,9,10)(H,11,12);5-6H,1-4H2. The van der Waals surface area contributed by atoms with Gasteiger partial charge in [-0.3, -0.25) is 9.59 Å². The molecule has 43 heavy (non-hydrogen) atoms. The molecule has 0 radical (unpaired) electrons. The summed E-state index contributed by atoms with van der Waals surface area (Å²) >= 11 is 0. The van der Waals surface area contributed by atoms with Crippen molar-refractivity contribution >= 4 is 35.8 Å². The molecule has 0 aromatic heterocycles. The molecule has 2 rings (SSSR count). The number of unbranched alkanes of at least 4 members (excludes halogenated alkanes) is 5. The third kappa shape index (κ3) is 23.6. The number of carbonyl (C=O) groups is 6. The summed E-state index contributed by atoms with van der Waals surface area (Å²) in [7, 11) is 0. The number of rotatable bonds is 15. The number of aliphatic hydroxyl groups is 2. The average Bonchev–Trinajstić information content (AvgIpc) is 2.96. The third-order valence-corrected chi connectivity index (χ3v) is 5.08. The van der Waals surface area contributed by atoms with Crippen molar-refractivity contribution in [3.63, 3.8) is 0 Å². The van der Waals surface area contributed by atoms with Crippen molar-refractivity contribution in [1.29, 1.82) is 0 Å². The Bertz CT molecular complexity index is 1060. The molecule has 0 amide bonds. The molecular formula is C29H38O14. The summed E-state index contributed by atoms with van der Waals surface area (Å²) in [6.45, 7) is 0.390. The molecule has 0 saturated carbocycles. The van der Waals surface area contributed by atoms with Crippen LogP contribution in [0.4, 0.5) is 0 Å². The van der Waals surface area contributed by atoms with E-state index in [0.29, 0.717) is 12.8 Å². The van der Waals surface area contributed by atoms with Gasteiger partial charge >= 0.3 is 35.8 Å². The number of aliphatic carboxylic acids is 2. The highest BCUT2D eigenvalue weighted by Gasteiger charge is 2.07. The first-order valence-electron chi connectivity index (χ1n) is 13.0. The van der Waals surface area contributed by atoms with Crippen molar-refractivity contribution in [2.75, 3.05) is 13.2 Å². The Morgan fingerprint density at radius 3 is 0.977 bits per heavy atom. The van der Waals surface area contributed by atoms with Crippen LogP contribution in [0.2, 0.25) is 0 Å². The second kappa shape index (κ2) is 24.9. The van der Waals surface area contributed by atoms with Crippen LogP contribution in [-0.4, -0.2) is 89.9 Å². The predicted octanol–water partition coefficient (Wildman–Crippen LogP) is 3.80. The van der Waals surface area contributed by atoms with Crippen LogP contribution in [0.15, 0.2) is 48.5 Å². The Morgan fingerprint density at radius 2 is 0.721 bits per heavy atom. The summed E-state index contributed by atoms with van der Waals surface area (Å²) in [5.41, 5.74) is 0.129. The first kappa shape index (κ1) is 40.3. The SMILES string of the molecule is O=C(O)CCCCCCCC(=O)O.O=C(O)c1ccc(C(=O)O)cc1.O=C(O)c1cccc(C(=O)O)c1.OCCCCO. The number of hydrogen-bond donors (Lipinski definition) is 8. The van der Waals surface area contributed by atoms with Crippen molar-refractivity contribution in [3.05, 3.63) is 70.8 Å². The molecule has 0 heterocycles. The van der Waals surface area contributed by atoms with Crippen molar-refractivity contribution in [3.8, 4) is 0 Å². The van der Waals surface area contributed by atoms with Crippen molar-refractivity contribution in [2.45, 2.75) is 57.8 Å². The zero-order chi connectivity index (χ0) is 33.2. The lowest BCUT2D eigenvalue weighted by atomic mass is 10.1. The van der Waals surface area contributed by atoms with Gasteiger partial charge < -0.3 is 40.9 Å². The van der Waals surface area contributed by atoms with Gasteiger partial charge in [-0.25, -0.2) is 19.2 Å². The van der Waals surface area contributed by atoms with Crippen LogP contribution >= 0.6 is 0 Å². The first-order valence-corrected chi connectivity index (χ1v) is 13.0. The Morgan fingerprint density at radius 1 is 0.419 bits per heavy atom. The van der Waals surface area contributed by atoms with Crippen LogP contribution < -0.4 is 0 Å². The molecule has 0 spiro atoms. The van der Waals surface area contributed by atoms with Crippen molar-refractivity contribution in [2.24, 2.45) is 0 Å². The molecule has 0 saturated heterocycles. The maximum atomic E-state index is 10.4. The van der Waals surface area contributed by atoms with Gasteiger partial charge in [-0.05, 0) is 68.1 Å². The molecule has 2 aromatic rings. The fraction of sp³-hybridized carbons (Fsp3) is 0.379. The lowest BCUT2D eigenvalue weighted by Gasteiger charge is -1.97. The van der Waals surface area contributed by atoms with Gasteiger partial charge in [0.25, 0.3) is 0 Å². The third-order valence-electron chi connectivity index (χ3n) is 5.08. The molecule has 14 nitrogen and oxygen atoms in total. The molecule has 0 bridgehead atoms. The molecule has 0 atom stereocenters. The number of carboxylic acid groups (broad SMARTS) is 6. The topological polar surface area (TPSA) is 264 Å². The maximum absolute atomic E-state index is 10.4. The molecule has 0 unspecified atom stereocenters. The Hall–Kier alpha value is -4.82. The normalized spacial score (nSPS) is 9.44. The van der Waals surface area contributed by atoms with Gasteiger partial charge in [-0.2, -0.15) is 0 Å². The minimum Gasteiger partial charge on any atom is -0.481 e. The number of benzene rings is 2. The predicted molar refractivity (Wildman–Crippen MR) is 152 cm³/mol. The van der Waals surface area contributed by atoms with Crippen LogP contribution in [0.1, 0.15) is 99.2 Å². The molecule has 0 aliphatic rings. The summed E-state index contributed by atoms with van der Waals surface area (Å²) in [6.07, 6.45) is 5.97. The lowest BCUT2D eigenvalue weighted by molar-refractivity contribution is -0.138. The minimum absolute atomic E-state index is 0.0186. The quantitative estimate of drug-likeness (QED) is 0.133. The summed E-state index contributed by atoms with van der Waals surface area (Å²) in [4.78, 5) is 61.6. The van der Waals surface area contributed by atoms with Gasteiger partial charge in [0, 0.05) is 26.1 Å². The van der Waals surface area contributed by atoms with Crippen LogP contribution in [0.5, 0.6) is 0 Å².